The Bertz CT molecular complexity index is 977. The van der Waals surface area contributed by atoms with Crippen molar-refractivity contribution in [2.24, 2.45) is 7.05 Å². The topological polar surface area (TPSA) is 41.4 Å². The van der Waals surface area contributed by atoms with Gasteiger partial charge in [0.1, 0.15) is 5.69 Å². The van der Waals surface area contributed by atoms with Gasteiger partial charge in [-0.25, -0.2) is 0 Å². The summed E-state index contributed by atoms with van der Waals surface area (Å²) in [6.07, 6.45) is 0. The van der Waals surface area contributed by atoms with E-state index in [4.69, 9.17) is 23.2 Å². The third kappa shape index (κ3) is 4.38. The van der Waals surface area contributed by atoms with Crippen LogP contribution in [0.3, 0.4) is 0 Å². The van der Waals surface area contributed by atoms with Crippen molar-refractivity contribution in [2.75, 3.05) is 26.2 Å². The minimum atomic E-state index is 0.0345. The van der Waals surface area contributed by atoms with Crippen LogP contribution in [0.25, 0.3) is 0 Å². The summed E-state index contributed by atoms with van der Waals surface area (Å²) >= 11 is 12.2. The zero-order valence-corrected chi connectivity index (χ0v) is 18.6. The maximum absolute atomic E-state index is 12.9. The Balaban J connectivity index is 1.54. The number of benzene rings is 2. The molecule has 0 spiro atoms. The van der Waals surface area contributed by atoms with Crippen molar-refractivity contribution in [2.45, 2.75) is 13.0 Å². The zero-order chi connectivity index (χ0) is 21.3. The summed E-state index contributed by atoms with van der Waals surface area (Å²) in [5.41, 5.74) is 3.82. The van der Waals surface area contributed by atoms with Gasteiger partial charge in [-0.1, -0.05) is 47.5 Å². The molecule has 1 amide bonds. The quantitative estimate of drug-likeness (QED) is 0.593. The minimum absolute atomic E-state index is 0.0345. The largest absolute Gasteiger partial charge is 0.335 e. The number of aromatic nitrogens is 2. The van der Waals surface area contributed by atoms with E-state index in [2.05, 4.69) is 34.3 Å². The van der Waals surface area contributed by atoms with E-state index in [0.717, 1.165) is 28.8 Å². The first-order valence-corrected chi connectivity index (χ1v) is 10.7. The number of hydrogen-bond donors (Lipinski definition) is 0. The maximum atomic E-state index is 12.9. The second-order valence-electron chi connectivity index (χ2n) is 7.63. The molecule has 0 unspecified atom stereocenters. The SMILES string of the molecule is Cc1cc(C(=O)N2CCN(C(c3ccc(Cl)cc3)c3ccc(Cl)cc3)CC2)n(C)n1. The summed E-state index contributed by atoms with van der Waals surface area (Å²) in [5.74, 6) is 0.0345. The summed E-state index contributed by atoms with van der Waals surface area (Å²) in [4.78, 5) is 17.3. The molecule has 1 fully saturated rings. The van der Waals surface area contributed by atoms with Crippen LogP contribution in [0.15, 0.2) is 54.6 Å². The van der Waals surface area contributed by atoms with E-state index in [1.165, 1.54) is 11.1 Å². The van der Waals surface area contributed by atoms with Gasteiger partial charge in [-0.2, -0.15) is 5.10 Å². The molecule has 3 aromatic rings. The van der Waals surface area contributed by atoms with Crippen LogP contribution in [0.4, 0.5) is 0 Å². The lowest BCUT2D eigenvalue weighted by Gasteiger charge is -2.39. The number of aryl methyl sites for hydroxylation is 2. The molecule has 0 radical (unpaired) electrons. The van der Waals surface area contributed by atoms with Crippen LogP contribution >= 0.6 is 23.2 Å². The van der Waals surface area contributed by atoms with Gasteiger partial charge in [0.25, 0.3) is 5.91 Å². The van der Waals surface area contributed by atoms with Crippen LogP contribution in [0, 0.1) is 6.92 Å². The molecular weight excluding hydrogens is 419 g/mol. The minimum Gasteiger partial charge on any atom is -0.335 e. The van der Waals surface area contributed by atoms with Crippen molar-refractivity contribution in [3.63, 3.8) is 0 Å². The smallest absolute Gasteiger partial charge is 0.272 e. The number of carbonyl (C=O) groups excluding carboxylic acids is 1. The van der Waals surface area contributed by atoms with E-state index >= 15 is 0 Å². The van der Waals surface area contributed by atoms with Crippen molar-refractivity contribution >= 4 is 29.1 Å². The average Bonchev–Trinajstić information content (AvgIpc) is 3.09. The molecule has 1 aliphatic rings. The highest BCUT2D eigenvalue weighted by Gasteiger charge is 2.29. The number of rotatable bonds is 4. The number of halogens is 2. The molecule has 4 rings (SSSR count). The van der Waals surface area contributed by atoms with Crippen LogP contribution in [-0.2, 0) is 7.05 Å². The molecule has 2 heterocycles. The van der Waals surface area contributed by atoms with Gasteiger partial charge < -0.3 is 4.90 Å². The first kappa shape index (κ1) is 20.9. The predicted molar refractivity (Wildman–Crippen MR) is 120 cm³/mol. The summed E-state index contributed by atoms with van der Waals surface area (Å²) in [7, 11) is 1.81. The fraction of sp³-hybridized carbons (Fsp3) is 0.304. The van der Waals surface area contributed by atoms with Gasteiger partial charge in [0.2, 0.25) is 0 Å². The van der Waals surface area contributed by atoms with E-state index in [1.807, 2.05) is 49.2 Å². The molecule has 156 valence electrons. The molecule has 30 heavy (non-hydrogen) atoms. The van der Waals surface area contributed by atoms with Crippen LogP contribution in [0.1, 0.15) is 33.4 Å². The number of piperazine rings is 1. The Morgan fingerprint density at radius 3 is 1.83 bits per heavy atom. The second kappa shape index (κ2) is 8.80. The van der Waals surface area contributed by atoms with E-state index in [-0.39, 0.29) is 11.9 Å². The van der Waals surface area contributed by atoms with Gasteiger partial charge in [0.05, 0.1) is 11.7 Å². The van der Waals surface area contributed by atoms with Crippen molar-refractivity contribution in [1.29, 1.82) is 0 Å². The lowest BCUT2D eigenvalue weighted by molar-refractivity contribution is 0.0587. The monoisotopic (exact) mass is 442 g/mol. The molecule has 1 aromatic heterocycles. The molecule has 1 saturated heterocycles. The Hall–Kier alpha value is -2.34. The molecule has 0 saturated carbocycles. The normalized spacial score (nSPS) is 15.0. The number of nitrogens with zero attached hydrogens (tertiary/aromatic N) is 4. The van der Waals surface area contributed by atoms with Gasteiger partial charge in [-0.3, -0.25) is 14.4 Å². The Labute approximate surface area is 186 Å². The fourth-order valence-corrected chi connectivity index (χ4v) is 4.31. The molecule has 0 aliphatic carbocycles. The Kier molecular flexibility index (Phi) is 6.14. The van der Waals surface area contributed by atoms with Crippen molar-refractivity contribution in [3.05, 3.63) is 87.2 Å². The molecule has 0 N–H and O–H groups in total. The first-order chi connectivity index (χ1) is 14.4. The van der Waals surface area contributed by atoms with Crippen molar-refractivity contribution in [3.8, 4) is 0 Å². The summed E-state index contributed by atoms with van der Waals surface area (Å²) < 4.78 is 1.66. The van der Waals surface area contributed by atoms with Crippen molar-refractivity contribution < 1.29 is 4.79 Å². The molecule has 5 nitrogen and oxygen atoms in total. The number of amides is 1. The molecule has 0 bridgehead atoms. The van der Waals surface area contributed by atoms with Crippen LogP contribution in [-0.4, -0.2) is 51.7 Å². The van der Waals surface area contributed by atoms with E-state index < -0.39 is 0 Å². The molecule has 7 heteroatoms. The van der Waals surface area contributed by atoms with Gasteiger partial charge in [0.15, 0.2) is 0 Å². The third-order valence-electron chi connectivity index (χ3n) is 5.56. The first-order valence-electron chi connectivity index (χ1n) is 9.97. The molecule has 2 aromatic carbocycles. The number of carbonyl (C=O) groups is 1. The summed E-state index contributed by atoms with van der Waals surface area (Å²) in [5, 5.41) is 5.74. The van der Waals surface area contributed by atoms with Gasteiger partial charge in [-0.15, -0.1) is 0 Å². The average molecular weight is 443 g/mol. The van der Waals surface area contributed by atoms with Gasteiger partial charge in [0, 0.05) is 43.3 Å². The molecule has 1 aliphatic heterocycles. The van der Waals surface area contributed by atoms with E-state index in [0.29, 0.717) is 18.8 Å². The predicted octanol–water partition coefficient (Wildman–Crippen LogP) is 4.58. The fourth-order valence-electron chi connectivity index (χ4n) is 4.06. The van der Waals surface area contributed by atoms with Crippen molar-refractivity contribution in [1.82, 2.24) is 19.6 Å². The number of hydrogen-bond acceptors (Lipinski definition) is 3. The van der Waals surface area contributed by atoms with Gasteiger partial charge in [-0.05, 0) is 48.4 Å². The maximum Gasteiger partial charge on any atom is 0.272 e. The highest BCUT2D eigenvalue weighted by molar-refractivity contribution is 6.30. The summed E-state index contributed by atoms with van der Waals surface area (Å²) in [6, 6.07) is 17.9. The molecule has 0 atom stereocenters. The lowest BCUT2D eigenvalue weighted by atomic mass is 9.96. The standard InChI is InChI=1S/C23H24Cl2N4O/c1-16-15-21(27(2)26-16)23(30)29-13-11-28(12-14-29)22(17-3-7-19(24)8-4-17)18-5-9-20(25)10-6-18/h3-10,15,22H,11-14H2,1-2H3. The van der Waals surface area contributed by atoms with Crippen LogP contribution < -0.4 is 0 Å². The highest BCUT2D eigenvalue weighted by Crippen LogP contribution is 2.31. The summed E-state index contributed by atoms with van der Waals surface area (Å²) in [6.45, 7) is 4.79. The zero-order valence-electron chi connectivity index (χ0n) is 17.1. The lowest BCUT2D eigenvalue weighted by Crippen LogP contribution is -2.50. The Morgan fingerprint density at radius 1 is 0.900 bits per heavy atom. The third-order valence-corrected chi connectivity index (χ3v) is 6.06. The second-order valence-corrected chi connectivity index (χ2v) is 8.50. The Morgan fingerprint density at radius 2 is 1.40 bits per heavy atom. The van der Waals surface area contributed by atoms with E-state index in [9.17, 15) is 4.79 Å². The van der Waals surface area contributed by atoms with Crippen LogP contribution in [0.5, 0.6) is 0 Å². The van der Waals surface area contributed by atoms with E-state index in [1.54, 1.807) is 4.68 Å². The highest BCUT2D eigenvalue weighted by atomic mass is 35.5. The van der Waals surface area contributed by atoms with Gasteiger partial charge >= 0.3 is 0 Å². The molecular formula is C23H24Cl2N4O. The van der Waals surface area contributed by atoms with Crippen LogP contribution in [0.2, 0.25) is 10.0 Å².